The van der Waals surface area contributed by atoms with E-state index in [1.165, 1.54) is 0 Å². The minimum atomic E-state index is -0.328. The summed E-state index contributed by atoms with van der Waals surface area (Å²) in [6.07, 6.45) is 5.25. The summed E-state index contributed by atoms with van der Waals surface area (Å²) in [7, 11) is 1.68. The second kappa shape index (κ2) is 8.87. The number of carbonyl (C=O) groups excluding carboxylic acids is 3. The van der Waals surface area contributed by atoms with Crippen LogP contribution in [-0.2, 0) is 14.4 Å². The number of nitrogens with one attached hydrogen (secondary N) is 1. The van der Waals surface area contributed by atoms with Crippen molar-refractivity contribution in [1.82, 2.24) is 15.3 Å². The van der Waals surface area contributed by atoms with E-state index in [-0.39, 0.29) is 36.0 Å². The van der Waals surface area contributed by atoms with Gasteiger partial charge in [-0.2, -0.15) is 5.01 Å². The number of hydrogen-bond donors (Lipinski definition) is 1. The molecule has 160 valence electrons. The van der Waals surface area contributed by atoms with Crippen LogP contribution in [0.2, 0.25) is 0 Å². The maximum atomic E-state index is 12.4. The summed E-state index contributed by atoms with van der Waals surface area (Å²) in [5.74, 6) is -0.658. The minimum absolute atomic E-state index is 0.249. The Morgan fingerprint density at radius 3 is 2.30 bits per heavy atom. The van der Waals surface area contributed by atoms with Gasteiger partial charge in [-0.25, -0.2) is 0 Å². The molecular formula is C22H28N4O4. The van der Waals surface area contributed by atoms with Gasteiger partial charge in [0.25, 0.3) is 11.8 Å². The largest absolute Gasteiger partial charge is 0.495 e. The molecule has 30 heavy (non-hydrogen) atoms. The predicted molar refractivity (Wildman–Crippen MR) is 112 cm³/mol. The Labute approximate surface area is 176 Å². The number of ether oxygens (including phenoxy) is 1. The molecule has 3 aliphatic rings. The van der Waals surface area contributed by atoms with E-state index >= 15 is 0 Å². The average Bonchev–Trinajstić information content (AvgIpc) is 3.03. The lowest BCUT2D eigenvalue weighted by atomic mass is 9.85. The summed E-state index contributed by atoms with van der Waals surface area (Å²) in [5.41, 5.74) is 3.62. The summed E-state index contributed by atoms with van der Waals surface area (Å²) >= 11 is 0. The topological polar surface area (TPSA) is 82.2 Å². The number of hydrazine groups is 1. The van der Waals surface area contributed by atoms with E-state index in [4.69, 9.17) is 4.74 Å². The zero-order chi connectivity index (χ0) is 21.1. The van der Waals surface area contributed by atoms with Gasteiger partial charge in [0.1, 0.15) is 5.75 Å². The normalized spacial score (nSPS) is 24.2. The summed E-state index contributed by atoms with van der Waals surface area (Å²) in [6, 6.07) is 7.97. The molecule has 2 aliphatic heterocycles. The van der Waals surface area contributed by atoms with Crippen LogP contribution >= 0.6 is 0 Å². The number of imide groups is 1. The molecule has 4 rings (SSSR count). The third-order valence-corrected chi connectivity index (χ3v) is 6.20. The fourth-order valence-corrected chi connectivity index (χ4v) is 4.45. The molecule has 2 fully saturated rings. The van der Waals surface area contributed by atoms with Gasteiger partial charge in [0.05, 0.1) is 24.6 Å². The zero-order valence-electron chi connectivity index (χ0n) is 17.3. The Bertz CT molecular complexity index is 821. The monoisotopic (exact) mass is 412 g/mol. The Kier molecular flexibility index (Phi) is 6.03. The number of amides is 3. The van der Waals surface area contributed by atoms with Crippen molar-refractivity contribution in [3.8, 4) is 5.75 Å². The molecule has 2 atom stereocenters. The number of piperazine rings is 1. The molecule has 2 heterocycles. The zero-order valence-corrected chi connectivity index (χ0v) is 17.3. The van der Waals surface area contributed by atoms with Crippen LogP contribution in [0.4, 0.5) is 5.69 Å². The minimum Gasteiger partial charge on any atom is -0.495 e. The van der Waals surface area contributed by atoms with Crippen molar-refractivity contribution in [2.45, 2.75) is 19.3 Å². The molecule has 2 unspecified atom stereocenters. The second-order valence-corrected chi connectivity index (χ2v) is 7.95. The van der Waals surface area contributed by atoms with Gasteiger partial charge in [-0.3, -0.25) is 24.7 Å². The maximum absolute atomic E-state index is 12.4. The van der Waals surface area contributed by atoms with Gasteiger partial charge in [0, 0.05) is 39.1 Å². The molecule has 0 saturated carbocycles. The Balaban J connectivity index is 1.24. The number of fused-ring (bicyclic) bond motifs is 1. The summed E-state index contributed by atoms with van der Waals surface area (Å²) < 4.78 is 5.45. The average molecular weight is 412 g/mol. The third kappa shape index (κ3) is 4.05. The van der Waals surface area contributed by atoms with Gasteiger partial charge >= 0.3 is 0 Å². The smallest absolute Gasteiger partial charge is 0.252 e. The van der Waals surface area contributed by atoms with Gasteiger partial charge in [0.15, 0.2) is 0 Å². The van der Waals surface area contributed by atoms with Crippen LogP contribution < -0.4 is 15.1 Å². The second-order valence-electron chi connectivity index (χ2n) is 7.95. The van der Waals surface area contributed by atoms with Gasteiger partial charge in [-0.1, -0.05) is 24.3 Å². The standard InChI is InChI=1S/C22H28N4O4/c1-30-19-9-5-4-8-18(19)25-14-12-24(13-15-25)11-10-20(27)23-26-21(28)16-6-2-3-7-17(16)22(26)29/h2-5,8-9,16-17H,6-7,10-15H2,1H3,(H,23,27). The van der Waals surface area contributed by atoms with Crippen molar-refractivity contribution < 1.29 is 19.1 Å². The van der Waals surface area contributed by atoms with Crippen molar-refractivity contribution in [2.24, 2.45) is 11.8 Å². The quantitative estimate of drug-likeness (QED) is 0.558. The van der Waals surface area contributed by atoms with Crippen LogP contribution in [0.15, 0.2) is 36.4 Å². The SMILES string of the molecule is COc1ccccc1N1CCN(CCC(=O)NN2C(=O)C3CC=CCC3C2=O)CC1. The molecule has 1 aromatic rings. The van der Waals surface area contributed by atoms with Crippen LogP contribution in [-0.4, -0.2) is 67.5 Å². The van der Waals surface area contributed by atoms with E-state index in [0.717, 1.165) is 42.6 Å². The van der Waals surface area contributed by atoms with Crippen molar-refractivity contribution in [2.75, 3.05) is 44.7 Å². The highest BCUT2D eigenvalue weighted by atomic mass is 16.5. The number of allylic oxidation sites excluding steroid dienone is 2. The van der Waals surface area contributed by atoms with Gasteiger partial charge < -0.3 is 9.64 Å². The van der Waals surface area contributed by atoms with Gasteiger partial charge in [0.2, 0.25) is 5.91 Å². The highest BCUT2D eigenvalue weighted by Gasteiger charge is 2.48. The summed E-state index contributed by atoms with van der Waals surface area (Å²) in [4.78, 5) is 41.8. The molecule has 0 radical (unpaired) electrons. The van der Waals surface area contributed by atoms with Crippen molar-refractivity contribution in [1.29, 1.82) is 0 Å². The molecular weight excluding hydrogens is 384 g/mol. The van der Waals surface area contributed by atoms with Crippen molar-refractivity contribution >= 4 is 23.4 Å². The van der Waals surface area contributed by atoms with Gasteiger partial charge in [-0.15, -0.1) is 0 Å². The summed E-state index contributed by atoms with van der Waals surface area (Å²) in [5, 5.41) is 0.949. The molecule has 2 saturated heterocycles. The fourth-order valence-electron chi connectivity index (χ4n) is 4.45. The molecule has 0 bridgehead atoms. The number of para-hydroxylation sites is 2. The van der Waals surface area contributed by atoms with E-state index in [1.54, 1.807) is 7.11 Å². The Hall–Kier alpha value is -2.87. The Morgan fingerprint density at radius 1 is 1.03 bits per heavy atom. The Morgan fingerprint density at radius 2 is 1.67 bits per heavy atom. The van der Waals surface area contributed by atoms with Crippen molar-refractivity contribution in [3.05, 3.63) is 36.4 Å². The van der Waals surface area contributed by atoms with E-state index in [9.17, 15) is 14.4 Å². The van der Waals surface area contributed by atoms with Crippen molar-refractivity contribution in [3.63, 3.8) is 0 Å². The predicted octanol–water partition coefficient (Wildman–Crippen LogP) is 1.19. The molecule has 8 heteroatoms. The molecule has 8 nitrogen and oxygen atoms in total. The first-order chi connectivity index (χ1) is 14.6. The number of carbonyl (C=O) groups is 3. The highest BCUT2D eigenvalue weighted by molar-refractivity contribution is 6.06. The molecule has 0 aromatic heterocycles. The third-order valence-electron chi connectivity index (χ3n) is 6.20. The molecule has 1 aliphatic carbocycles. The molecule has 1 N–H and O–H groups in total. The van der Waals surface area contributed by atoms with Crippen LogP contribution in [0.3, 0.4) is 0 Å². The number of hydrogen-bond acceptors (Lipinski definition) is 6. The first-order valence-electron chi connectivity index (χ1n) is 10.5. The first-order valence-corrected chi connectivity index (χ1v) is 10.5. The van der Waals surface area contributed by atoms with E-state index in [0.29, 0.717) is 19.4 Å². The summed E-state index contributed by atoms with van der Waals surface area (Å²) in [6.45, 7) is 3.96. The highest BCUT2D eigenvalue weighted by Crippen LogP contribution is 2.34. The van der Waals surface area contributed by atoms with E-state index in [1.807, 2.05) is 30.4 Å². The van der Waals surface area contributed by atoms with Crippen LogP contribution in [0, 0.1) is 11.8 Å². The first kappa shape index (κ1) is 20.4. The van der Waals surface area contributed by atoms with Crippen LogP contribution in [0.1, 0.15) is 19.3 Å². The number of nitrogens with zero attached hydrogens (tertiary/aromatic N) is 3. The lowest BCUT2D eigenvalue weighted by Gasteiger charge is -2.36. The number of benzene rings is 1. The van der Waals surface area contributed by atoms with Gasteiger partial charge in [-0.05, 0) is 25.0 Å². The number of rotatable bonds is 6. The maximum Gasteiger partial charge on any atom is 0.252 e. The van der Waals surface area contributed by atoms with E-state index < -0.39 is 0 Å². The fraction of sp³-hybridized carbons (Fsp3) is 0.500. The number of anilines is 1. The lowest BCUT2D eigenvalue weighted by Crippen LogP contribution is -2.49. The van der Waals surface area contributed by atoms with E-state index in [2.05, 4.69) is 21.3 Å². The van der Waals surface area contributed by atoms with Crippen LogP contribution in [0.25, 0.3) is 0 Å². The number of methoxy groups -OCH3 is 1. The van der Waals surface area contributed by atoms with Crippen LogP contribution in [0.5, 0.6) is 5.75 Å². The lowest BCUT2D eigenvalue weighted by molar-refractivity contribution is -0.149. The molecule has 1 aromatic carbocycles. The molecule has 3 amide bonds. The molecule has 0 spiro atoms.